The summed E-state index contributed by atoms with van der Waals surface area (Å²) < 4.78 is 6.97. The number of ether oxygens (including phenoxy) is 1. The molecule has 0 aliphatic carbocycles. The van der Waals surface area contributed by atoms with Crippen molar-refractivity contribution in [3.05, 3.63) is 53.6 Å². The molecule has 0 unspecified atom stereocenters. The predicted octanol–water partition coefficient (Wildman–Crippen LogP) is 5.41. The van der Waals surface area contributed by atoms with E-state index in [4.69, 9.17) is 9.72 Å². The fourth-order valence-electron chi connectivity index (χ4n) is 3.60. The van der Waals surface area contributed by atoms with Gasteiger partial charge in [0, 0.05) is 11.5 Å². The van der Waals surface area contributed by atoms with Crippen LogP contribution in [0.3, 0.4) is 0 Å². The highest BCUT2D eigenvalue weighted by Gasteiger charge is 2.28. The van der Waals surface area contributed by atoms with E-state index in [9.17, 15) is 4.79 Å². The summed E-state index contributed by atoms with van der Waals surface area (Å²) in [5.41, 5.74) is 2.95. The number of amides is 1. The molecule has 28 heavy (non-hydrogen) atoms. The second kappa shape index (κ2) is 8.64. The Morgan fingerprint density at radius 1 is 1.29 bits per heavy atom. The van der Waals surface area contributed by atoms with Gasteiger partial charge < -0.3 is 4.74 Å². The molecule has 4 nitrogen and oxygen atoms in total. The van der Waals surface area contributed by atoms with Gasteiger partial charge in [0.15, 0.2) is 5.13 Å². The first kappa shape index (κ1) is 19.4. The number of benzene rings is 2. The molecule has 2 aromatic carbocycles. The highest BCUT2D eigenvalue weighted by atomic mass is 32.2. The molecule has 1 aromatic heterocycles. The lowest BCUT2D eigenvalue weighted by molar-refractivity contribution is 0.0915. The van der Waals surface area contributed by atoms with Crippen LogP contribution in [-0.4, -0.2) is 36.4 Å². The number of para-hydroxylation sites is 1. The Hall–Kier alpha value is -1.89. The molecule has 3 aromatic rings. The molecule has 146 valence electrons. The van der Waals surface area contributed by atoms with Crippen molar-refractivity contribution in [1.82, 2.24) is 4.98 Å². The maximum absolute atomic E-state index is 13.6. The van der Waals surface area contributed by atoms with Crippen molar-refractivity contribution < 1.29 is 9.53 Å². The third-order valence-electron chi connectivity index (χ3n) is 5.10. The lowest BCUT2D eigenvalue weighted by Crippen LogP contribution is -2.37. The van der Waals surface area contributed by atoms with Crippen LogP contribution in [0.25, 0.3) is 10.2 Å². The number of aromatic nitrogens is 1. The molecule has 1 fully saturated rings. The Kier molecular flexibility index (Phi) is 5.99. The Labute approximate surface area is 173 Å². The zero-order chi connectivity index (χ0) is 19.5. The fraction of sp³-hybridized carbons (Fsp3) is 0.364. The third kappa shape index (κ3) is 3.81. The van der Waals surface area contributed by atoms with Crippen LogP contribution < -0.4 is 4.90 Å². The maximum Gasteiger partial charge on any atom is 0.261 e. The van der Waals surface area contributed by atoms with Crippen molar-refractivity contribution in [1.29, 1.82) is 0 Å². The second-order valence-electron chi connectivity index (χ2n) is 6.86. The summed E-state index contributed by atoms with van der Waals surface area (Å²) in [4.78, 5) is 21.3. The average Bonchev–Trinajstić information content (AvgIpc) is 3.40. The molecular formula is C22H24N2O2S2. The number of rotatable bonds is 6. The Bertz CT molecular complexity index is 980. The van der Waals surface area contributed by atoms with Crippen molar-refractivity contribution in [3.8, 4) is 0 Å². The monoisotopic (exact) mass is 412 g/mol. The molecule has 4 rings (SSSR count). The van der Waals surface area contributed by atoms with Crippen molar-refractivity contribution >= 4 is 44.4 Å². The van der Waals surface area contributed by atoms with Crippen molar-refractivity contribution in [2.75, 3.05) is 24.3 Å². The zero-order valence-corrected chi connectivity index (χ0v) is 17.8. The Morgan fingerprint density at radius 3 is 2.89 bits per heavy atom. The topological polar surface area (TPSA) is 42.4 Å². The molecule has 0 N–H and O–H groups in total. The molecule has 0 bridgehead atoms. The number of nitrogens with zero attached hydrogens (tertiary/aromatic N) is 2. The summed E-state index contributed by atoms with van der Waals surface area (Å²) in [5.74, 6) is -0.00226. The number of carbonyl (C=O) groups excluding carboxylic acids is 1. The summed E-state index contributed by atoms with van der Waals surface area (Å²) in [6.45, 7) is 3.45. The van der Waals surface area contributed by atoms with Crippen LogP contribution in [0.2, 0.25) is 0 Å². The SMILES string of the molecule is CCc1cccc2sc(N(C[C@H]3CCCO3)C(=O)c3ccccc3SC)nc12. The van der Waals surface area contributed by atoms with E-state index in [1.807, 2.05) is 35.4 Å². The van der Waals surface area contributed by atoms with E-state index in [1.165, 1.54) is 5.56 Å². The summed E-state index contributed by atoms with van der Waals surface area (Å²) in [7, 11) is 0. The van der Waals surface area contributed by atoms with Gasteiger partial charge in [-0.15, -0.1) is 11.8 Å². The number of thiazole rings is 1. The van der Waals surface area contributed by atoms with Crippen LogP contribution in [0.15, 0.2) is 47.4 Å². The van der Waals surface area contributed by atoms with E-state index in [1.54, 1.807) is 23.1 Å². The molecule has 1 aliphatic heterocycles. The van der Waals surface area contributed by atoms with Gasteiger partial charge in [0.1, 0.15) is 0 Å². The molecular weight excluding hydrogens is 388 g/mol. The normalized spacial score (nSPS) is 16.6. The number of aryl methyl sites for hydroxylation is 1. The van der Waals surface area contributed by atoms with Gasteiger partial charge in [-0.05, 0) is 49.3 Å². The Balaban J connectivity index is 1.76. The van der Waals surface area contributed by atoms with Gasteiger partial charge in [-0.1, -0.05) is 42.5 Å². The van der Waals surface area contributed by atoms with Gasteiger partial charge in [0.2, 0.25) is 0 Å². The maximum atomic E-state index is 13.6. The number of hydrogen-bond acceptors (Lipinski definition) is 5. The zero-order valence-electron chi connectivity index (χ0n) is 16.2. The van der Waals surface area contributed by atoms with E-state index in [-0.39, 0.29) is 12.0 Å². The second-order valence-corrected chi connectivity index (χ2v) is 8.72. The van der Waals surface area contributed by atoms with Crippen molar-refractivity contribution in [2.45, 2.75) is 37.2 Å². The van der Waals surface area contributed by atoms with Gasteiger partial charge in [-0.3, -0.25) is 9.69 Å². The van der Waals surface area contributed by atoms with E-state index in [0.717, 1.165) is 51.7 Å². The third-order valence-corrected chi connectivity index (χ3v) is 6.94. The summed E-state index contributed by atoms with van der Waals surface area (Å²) >= 11 is 3.18. The van der Waals surface area contributed by atoms with Gasteiger partial charge >= 0.3 is 0 Å². The lowest BCUT2D eigenvalue weighted by atomic mass is 10.1. The van der Waals surface area contributed by atoms with Gasteiger partial charge in [-0.2, -0.15) is 0 Å². The first-order chi connectivity index (χ1) is 13.7. The number of anilines is 1. The fourth-order valence-corrected chi connectivity index (χ4v) is 5.21. The number of carbonyl (C=O) groups is 1. The quantitative estimate of drug-likeness (QED) is 0.508. The Morgan fingerprint density at radius 2 is 2.14 bits per heavy atom. The lowest BCUT2D eigenvalue weighted by Gasteiger charge is -2.24. The van der Waals surface area contributed by atoms with Crippen LogP contribution in [0.1, 0.15) is 35.7 Å². The molecule has 1 aliphatic rings. The van der Waals surface area contributed by atoms with Gasteiger partial charge in [0.05, 0.1) is 28.4 Å². The smallest absolute Gasteiger partial charge is 0.261 e. The van der Waals surface area contributed by atoms with E-state index >= 15 is 0 Å². The average molecular weight is 413 g/mol. The highest BCUT2D eigenvalue weighted by molar-refractivity contribution is 7.98. The predicted molar refractivity (Wildman–Crippen MR) is 118 cm³/mol. The summed E-state index contributed by atoms with van der Waals surface area (Å²) in [6, 6.07) is 14.1. The number of fused-ring (bicyclic) bond motifs is 1. The van der Waals surface area contributed by atoms with Crippen LogP contribution in [-0.2, 0) is 11.2 Å². The standard InChI is InChI=1S/C22H24N2O2S2/c1-3-15-8-6-12-19-20(15)23-22(28-19)24(14-16-9-7-13-26-16)21(25)17-10-4-5-11-18(17)27-2/h4-6,8,10-12,16H,3,7,9,13-14H2,1-2H3/t16-/m1/s1. The molecule has 0 spiro atoms. The first-order valence-electron chi connectivity index (χ1n) is 9.66. The van der Waals surface area contributed by atoms with E-state index < -0.39 is 0 Å². The summed E-state index contributed by atoms with van der Waals surface area (Å²) in [5, 5.41) is 0.757. The van der Waals surface area contributed by atoms with Crippen molar-refractivity contribution in [3.63, 3.8) is 0 Å². The van der Waals surface area contributed by atoms with Crippen LogP contribution in [0, 0.1) is 0 Å². The van der Waals surface area contributed by atoms with Crippen molar-refractivity contribution in [2.24, 2.45) is 0 Å². The van der Waals surface area contributed by atoms with Crippen LogP contribution in [0.4, 0.5) is 5.13 Å². The van der Waals surface area contributed by atoms with E-state index in [0.29, 0.717) is 6.54 Å². The van der Waals surface area contributed by atoms with Gasteiger partial charge in [0.25, 0.3) is 5.91 Å². The van der Waals surface area contributed by atoms with Gasteiger partial charge in [-0.25, -0.2) is 4.98 Å². The number of thioether (sulfide) groups is 1. The minimum Gasteiger partial charge on any atom is -0.376 e. The van der Waals surface area contributed by atoms with Crippen LogP contribution in [0.5, 0.6) is 0 Å². The summed E-state index contributed by atoms with van der Waals surface area (Å²) in [6.07, 6.45) is 5.03. The molecule has 0 radical (unpaired) electrons. The molecule has 6 heteroatoms. The van der Waals surface area contributed by atoms with Crippen LogP contribution >= 0.6 is 23.1 Å². The van der Waals surface area contributed by atoms with E-state index in [2.05, 4.69) is 25.1 Å². The highest BCUT2D eigenvalue weighted by Crippen LogP contribution is 2.33. The first-order valence-corrected chi connectivity index (χ1v) is 11.7. The molecule has 0 saturated carbocycles. The minimum atomic E-state index is -0.00226. The molecule has 2 heterocycles. The molecule has 1 amide bonds. The largest absolute Gasteiger partial charge is 0.376 e. The minimum absolute atomic E-state index is 0.00226. The number of hydrogen-bond donors (Lipinski definition) is 0. The molecule has 1 atom stereocenters. The molecule has 1 saturated heterocycles.